The second-order valence-electron chi connectivity index (χ2n) is 8.10. The van der Waals surface area contributed by atoms with Gasteiger partial charge in [0.1, 0.15) is 0 Å². The minimum atomic E-state index is -0.0491. The Balaban J connectivity index is 1.63. The Morgan fingerprint density at radius 1 is 1.19 bits per heavy atom. The van der Waals surface area contributed by atoms with E-state index in [-0.39, 0.29) is 5.91 Å². The van der Waals surface area contributed by atoms with Crippen molar-refractivity contribution in [2.24, 2.45) is 10.9 Å². The molecule has 0 radical (unpaired) electrons. The van der Waals surface area contributed by atoms with E-state index in [1.807, 2.05) is 43.3 Å². The average Bonchev–Trinajstić information content (AvgIpc) is 2.78. The van der Waals surface area contributed by atoms with Crippen LogP contribution < -0.4 is 16.0 Å². The summed E-state index contributed by atoms with van der Waals surface area (Å²) in [4.78, 5) is 18.6. The van der Waals surface area contributed by atoms with Crippen molar-refractivity contribution in [3.63, 3.8) is 0 Å². The molecule has 1 fully saturated rings. The molecule has 31 heavy (non-hydrogen) atoms. The molecule has 0 aliphatic carbocycles. The number of likely N-dealkylation sites (N-methyl/N-ethyl adjacent to an activating group) is 1. The molecule has 1 aliphatic rings. The smallest absolute Gasteiger partial charge is 0.251 e. The van der Waals surface area contributed by atoms with Crippen molar-refractivity contribution >= 4 is 11.9 Å². The summed E-state index contributed by atoms with van der Waals surface area (Å²) in [7, 11) is 5.73. The van der Waals surface area contributed by atoms with Crippen LogP contribution in [-0.4, -0.2) is 84.0 Å². The van der Waals surface area contributed by atoms with Crippen molar-refractivity contribution in [3.05, 3.63) is 35.4 Å². The standard InChI is InChI=1S/C23H39N5O3/c1-24-23(26-10-5-13-31-18-19-8-14-30-15-9-19)27-17-20-6-4-7-21(16-20)22(29)25-11-12-28(2)3/h4,6-7,16,19H,5,8-15,17-18H2,1-3H3,(H,25,29)(H2,24,26,27). The topological polar surface area (TPSA) is 87.2 Å². The second kappa shape index (κ2) is 14.8. The number of guanidine groups is 1. The molecule has 1 heterocycles. The molecule has 3 N–H and O–H groups in total. The molecule has 0 unspecified atom stereocenters. The molecule has 2 rings (SSSR count). The van der Waals surface area contributed by atoms with Crippen molar-refractivity contribution in [1.82, 2.24) is 20.9 Å². The molecule has 0 spiro atoms. The first kappa shape index (κ1) is 25.1. The molecule has 1 amide bonds. The third kappa shape index (κ3) is 10.6. The molecule has 1 aromatic rings. The Morgan fingerprint density at radius 2 is 2.00 bits per heavy atom. The summed E-state index contributed by atoms with van der Waals surface area (Å²) in [6.45, 7) is 6.13. The Kier molecular flexibility index (Phi) is 12.0. The first-order valence-corrected chi connectivity index (χ1v) is 11.2. The molecule has 174 valence electrons. The van der Waals surface area contributed by atoms with Gasteiger partial charge in [0.2, 0.25) is 0 Å². The first-order valence-electron chi connectivity index (χ1n) is 11.2. The van der Waals surface area contributed by atoms with Crippen LogP contribution in [0.15, 0.2) is 29.3 Å². The van der Waals surface area contributed by atoms with Gasteiger partial charge in [0.05, 0.1) is 0 Å². The summed E-state index contributed by atoms with van der Waals surface area (Å²) < 4.78 is 11.2. The number of nitrogens with zero attached hydrogens (tertiary/aromatic N) is 2. The predicted molar refractivity (Wildman–Crippen MR) is 125 cm³/mol. The van der Waals surface area contributed by atoms with Crippen molar-refractivity contribution in [1.29, 1.82) is 0 Å². The van der Waals surface area contributed by atoms with Crippen LogP contribution >= 0.6 is 0 Å². The summed E-state index contributed by atoms with van der Waals surface area (Å²) in [6.07, 6.45) is 3.13. The van der Waals surface area contributed by atoms with Crippen LogP contribution in [0.3, 0.4) is 0 Å². The quantitative estimate of drug-likeness (QED) is 0.263. The predicted octanol–water partition coefficient (Wildman–Crippen LogP) is 1.48. The Hall–Kier alpha value is -2.16. The number of hydrogen-bond acceptors (Lipinski definition) is 5. The second-order valence-corrected chi connectivity index (χ2v) is 8.10. The first-order chi connectivity index (χ1) is 15.1. The maximum atomic E-state index is 12.3. The van der Waals surface area contributed by atoms with Crippen LogP contribution in [0.1, 0.15) is 35.2 Å². The van der Waals surface area contributed by atoms with E-state index in [1.54, 1.807) is 7.05 Å². The Bertz CT molecular complexity index is 675. The van der Waals surface area contributed by atoms with Gasteiger partial charge in [-0.25, -0.2) is 0 Å². The van der Waals surface area contributed by atoms with Crippen molar-refractivity contribution < 1.29 is 14.3 Å². The van der Waals surface area contributed by atoms with Gasteiger partial charge in [-0.15, -0.1) is 0 Å². The average molecular weight is 434 g/mol. The molecule has 1 aromatic carbocycles. The monoisotopic (exact) mass is 433 g/mol. The highest BCUT2D eigenvalue weighted by atomic mass is 16.5. The molecule has 8 nitrogen and oxygen atoms in total. The van der Waals surface area contributed by atoms with Gasteiger partial charge in [-0.3, -0.25) is 9.79 Å². The summed E-state index contributed by atoms with van der Waals surface area (Å²) in [5, 5.41) is 9.55. The number of carbonyl (C=O) groups is 1. The zero-order valence-electron chi connectivity index (χ0n) is 19.3. The van der Waals surface area contributed by atoms with Crippen molar-refractivity contribution in [2.45, 2.75) is 25.8 Å². The normalized spacial score (nSPS) is 15.2. The number of benzene rings is 1. The van der Waals surface area contributed by atoms with Gasteiger partial charge in [-0.1, -0.05) is 12.1 Å². The largest absolute Gasteiger partial charge is 0.381 e. The lowest BCUT2D eigenvalue weighted by atomic mass is 10.0. The highest BCUT2D eigenvalue weighted by molar-refractivity contribution is 5.94. The number of hydrogen-bond donors (Lipinski definition) is 3. The molecular formula is C23H39N5O3. The molecule has 0 aromatic heterocycles. The number of rotatable bonds is 12. The Morgan fingerprint density at radius 3 is 2.74 bits per heavy atom. The van der Waals surface area contributed by atoms with E-state index in [0.29, 0.717) is 24.6 Å². The number of ether oxygens (including phenoxy) is 2. The van der Waals surface area contributed by atoms with Crippen molar-refractivity contribution in [2.75, 3.05) is 67.2 Å². The minimum absolute atomic E-state index is 0.0491. The third-order valence-corrected chi connectivity index (χ3v) is 5.17. The highest BCUT2D eigenvalue weighted by Crippen LogP contribution is 2.14. The zero-order chi connectivity index (χ0) is 22.3. The summed E-state index contributed by atoms with van der Waals surface area (Å²) in [5.41, 5.74) is 1.70. The fourth-order valence-electron chi connectivity index (χ4n) is 3.27. The van der Waals surface area contributed by atoms with Crippen LogP contribution in [0.5, 0.6) is 0 Å². The lowest BCUT2D eigenvalue weighted by Crippen LogP contribution is -2.37. The number of aliphatic imine (C=N–C) groups is 1. The van der Waals surface area contributed by atoms with Gasteiger partial charge in [0.25, 0.3) is 5.91 Å². The van der Waals surface area contributed by atoms with Gasteiger partial charge < -0.3 is 30.3 Å². The zero-order valence-corrected chi connectivity index (χ0v) is 19.3. The molecule has 1 aliphatic heterocycles. The van der Waals surface area contributed by atoms with E-state index in [2.05, 4.69) is 20.9 Å². The minimum Gasteiger partial charge on any atom is -0.381 e. The lowest BCUT2D eigenvalue weighted by Gasteiger charge is -2.21. The number of nitrogens with one attached hydrogen (secondary N) is 3. The summed E-state index contributed by atoms with van der Waals surface area (Å²) in [6, 6.07) is 7.65. The van der Waals surface area contributed by atoms with Gasteiger partial charge >= 0.3 is 0 Å². The Labute approximate surface area is 186 Å². The highest BCUT2D eigenvalue weighted by Gasteiger charge is 2.13. The van der Waals surface area contributed by atoms with Gasteiger partial charge in [0.15, 0.2) is 5.96 Å². The van der Waals surface area contributed by atoms with Crippen LogP contribution in [0.4, 0.5) is 0 Å². The van der Waals surface area contributed by atoms with Gasteiger partial charge in [-0.05, 0) is 57.0 Å². The molecule has 1 saturated heterocycles. The van der Waals surface area contributed by atoms with Crippen LogP contribution in [0, 0.1) is 5.92 Å². The fourth-order valence-corrected chi connectivity index (χ4v) is 3.27. The molecule has 0 saturated carbocycles. The summed E-state index contributed by atoms with van der Waals surface area (Å²) >= 11 is 0. The van der Waals surface area contributed by atoms with Gasteiger partial charge in [-0.2, -0.15) is 0 Å². The van der Waals surface area contributed by atoms with E-state index in [4.69, 9.17) is 9.47 Å². The molecule has 8 heteroatoms. The maximum Gasteiger partial charge on any atom is 0.251 e. The van der Waals surface area contributed by atoms with E-state index < -0.39 is 0 Å². The van der Waals surface area contributed by atoms with Gasteiger partial charge in [0, 0.05) is 65.2 Å². The fraction of sp³-hybridized carbons (Fsp3) is 0.652. The number of amides is 1. The SMILES string of the molecule is CN=C(NCCCOCC1CCOCC1)NCc1cccc(C(=O)NCCN(C)C)c1. The van der Waals surface area contributed by atoms with Crippen LogP contribution in [-0.2, 0) is 16.0 Å². The third-order valence-electron chi connectivity index (χ3n) is 5.17. The van der Waals surface area contributed by atoms with Crippen LogP contribution in [0.2, 0.25) is 0 Å². The maximum absolute atomic E-state index is 12.3. The van der Waals surface area contributed by atoms with E-state index >= 15 is 0 Å². The molecule has 0 bridgehead atoms. The number of carbonyl (C=O) groups excluding carboxylic acids is 1. The summed E-state index contributed by atoms with van der Waals surface area (Å²) in [5.74, 6) is 1.33. The van der Waals surface area contributed by atoms with E-state index in [0.717, 1.165) is 70.3 Å². The molecular weight excluding hydrogens is 394 g/mol. The van der Waals surface area contributed by atoms with E-state index in [9.17, 15) is 4.79 Å². The van der Waals surface area contributed by atoms with Crippen LogP contribution in [0.25, 0.3) is 0 Å². The van der Waals surface area contributed by atoms with E-state index in [1.165, 1.54) is 0 Å². The molecule has 0 atom stereocenters. The lowest BCUT2D eigenvalue weighted by molar-refractivity contribution is 0.0203. The van der Waals surface area contributed by atoms with Crippen molar-refractivity contribution in [3.8, 4) is 0 Å².